The maximum absolute atomic E-state index is 14.4. The number of carbonyl (C=O) groups excluding carboxylic acids is 8. The van der Waals surface area contributed by atoms with Crippen molar-refractivity contribution < 1.29 is 53.3 Å². The van der Waals surface area contributed by atoms with Crippen molar-refractivity contribution in [1.82, 2.24) is 40.5 Å². The highest BCUT2D eigenvalue weighted by Crippen LogP contribution is 2.26. The number of aliphatic hydroxyl groups is 1. The molecule has 0 aliphatic carbocycles. The van der Waals surface area contributed by atoms with Gasteiger partial charge in [0, 0.05) is 40.3 Å². The number of aromatic hydroxyl groups is 1. The Morgan fingerprint density at radius 3 is 2.18 bits per heavy atom. The van der Waals surface area contributed by atoms with Gasteiger partial charge in [0.2, 0.25) is 35.4 Å². The Bertz CT molecular complexity index is 1980. The van der Waals surface area contributed by atoms with Gasteiger partial charge in [0.1, 0.15) is 36.0 Å². The fourth-order valence-corrected chi connectivity index (χ4v) is 7.56. The van der Waals surface area contributed by atoms with Crippen LogP contribution in [0, 0.1) is 17.8 Å². The molecule has 2 aliphatic heterocycles. The van der Waals surface area contributed by atoms with E-state index in [4.69, 9.17) is 4.74 Å². The number of cyclic esters (lactones) is 1. The van der Waals surface area contributed by atoms with Crippen LogP contribution in [0.5, 0.6) is 5.75 Å². The van der Waals surface area contributed by atoms with E-state index in [0.717, 1.165) is 14.7 Å². The van der Waals surface area contributed by atoms with Gasteiger partial charge in [0.15, 0.2) is 11.7 Å². The van der Waals surface area contributed by atoms with E-state index in [2.05, 4.69) is 20.9 Å². The number of hydrogen-bond acceptors (Lipinski definition) is 12. The lowest BCUT2D eigenvalue weighted by atomic mass is 9.88. The highest BCUT2D eigenvalue weighted by molar-refractivity contribution is 6.00. The van der Waals surface area contributed by atoms with Gasteiger partial charge < -0.3 is 50.5 Å². The summed E-state index contributed by atoms with van der Waals surface area (Å²) < 4.78 is 5.87. The average molecular weight is 865 g/mol. The number of carbonyl (C=O) groups is 8. The number of ether oxygens (including phenoxy) is 1. The topological polar surface area (TPSA) is 248 Å². The molecule has 62 heavy (non-hydrogen) atoms. The summed E-state index contributed by atoms with van der Waals surface area (Å²) in [4.78, 5) is 121. The summed E-state index contributed by atoms with van der Waals surface area (Å²) in [7, 11) is 4.11. The molecule has 2 saturated heterocycles. The largest absolute Gasteiger partial charge is 0.505 e. The van der Waals surface area contributed by atoms with E-state index in [1.54, 1.807) is 51.1 Å². The van der Waals surface area contributed by atoms with Crippen molar-refractivity contribution in [2.45, 2.75) is 96.8 Å². The molecule has 2 fully saturated rings. The molecule has 4 rings (SSSR count). The molecule has 19 heteroatoms. The molecule has 0 saturated carbocycles. The second kappa shape index (κ2) is 21.1. The molecule has 0 bridgehead atoms. The van der Waals surface area contributed by atoms with Crippen LogP contribution < -0.4 is 16.0 Å². The predicted molar refractivity (Wildman–Crippen MR) is 223 cm³/mol. The number of nitrogens with one attached hydrogen (secondary N) is 3. The normalized spacial score (nSPS) is 26.1. The first-order chi connectivity index (χ1) is 29.1. The minimum Gasteiger partial charge on any atom is -0.505 e. The molecular formula is C43H60N8O11. The van der Waals surface area contributed by atoms with Crippen LogP contribution >= 0.6 is 0 Å². The van der Waals surface area contributed by atoms with E-state index in [0.29, 0.717) is 5.56 Å². The molecule has 1 aromatic heterocycles. The van der Waals surface area contributed by atoms with Crippen molar-refractivity contribution in [3.05, 3.63) is 59.9 Å². The first-order valence-electron chi connectivity index (χ1n) is 20.7. The summed E-state index contributed by atoms with van der Waals surface area (Å²) in [5.74, 6) is -7.71. The van der Waals surface area contributed by atoms with Gasteiger partial charge in [0.25, 0.3) is 5.91 Å². The van der Waals surface area contributed by atoms with Crippen LogP contribution in [-0.2, 0) is 38.3 Å². The minimum absolute atomic E-state index is 0.0353. The van der Waals surface area contributed by atoms with E-state index < -0.39 is 120 Å². The standard InChI is InChI=1S/C43H60N8O11/c1-23(2)18-29-41(59)51-21-28(52)19-30(51)42(60)48(7)22-33(55)50(9)36(25(5)24(3)4)40(58)45-20-32(54)49(8)37(27-14-11-10-12-15-27)43(61)62-26(6)34(38(56)46-29)47-39(57)35-31(53)16-13-17-44-35/h10-17,23-26,28-30,34,36-37,52-53H,18-22H2,1-9H3,(H,45,58)(H,46,56)(H,47,57)/t25-,26+,28+,29+,30+,34?,36+,37+/m1/s1. The van der Waals surface area contributed by atoms with Gasteiger partial charge in [0.05, 0.1) is 19.2 Å². The molecule has 5 N–H and O–H groups in total. The van der Waals surface area contributed by atoms with Crippen LogP contribution in [0.15, 0.2) is 48.7 Å². The van der Waals surface area contributed by atoms with Crippen molar-refractivity contribution in [2.24, 2.45) is 17.8 Å². The van der Waals surface area contributed by atoms with Crippen LogP contribution in [0.3, 0.4) is 0 Å². The SMILES string of the molecule is CC(C)C[C@@H]1NC(=O)C(NC(=O)c2ncccc2O)[C@H](C)OC(=O)[C@H](c2ccccc2)N(C)C(=O)CNC(=O)[C@H]([C@H](C)C(C)C)N(C)C(=O)CN(C)C(=O)[C@@H]2C[C@H](O)CN2C1=O. The number of nitrogens with zero attached hydrogens (tertiary/aromatic N) is 5. The van der Waals surface area contributed by atoms with Crippen LogP contribution in [0.4, 0.5) is 0 Å². The Morgan fingerprint density at radius 2 is 1.56 bits per heavy atom. The highest BCUT2D eigenvalue weighted by atomic mass is 16.5. The Morgan fingerprint density at radius 1 is 0.903 bits per heavy atom. The van der Waals surface area contributed by atoms with Crippen LogP contribution in [-0.4, -0.2) is 159 Å². The molecule has 19 nitrogen and oxygen atoms in total. The molecule has 8 atom stereocenters. The molecule has 7 amide bonds. The zero-order valence-electron chi connectivity index (χ0n) is 36.7. The summed E-state index contributed by atoms with van der Waals surface area (Å²) in [5.41, 5.74) is -0.141. The van der Waals surface area contributed by atoms with Crippen molar-refractivity contribution in [3.8, 4) is 5.75 Å². The minimum atomic E-state index is -1.74. The summed E-state index contributed by atoms with van der Waals surface area (Å²) in [5, 5.41) is 28.9. The van der Waals surface area contributed by atoms with E-state index in [1.165, 1.54) is 51.3 Å². The molecule has 3 heterocycles. The van der Waals surface area contributed by atoms with Crippen LogP contribution in [0.25, 0.3) is 0 Å². The number of amides is 7. The van der Waals surface area contributed by atoms with Crippen molar-refractivity contribution in [3.63, 3.8) is 0 Å². The van der Waals surface area contributed by atoms with Gasteiger partial charge in [-0.25, -0.2) is 9.78 Å². The van der Waals surface area contributed by atoms with Gasteiger partial charge in [-0.2, -0.15) is 0 Å². The summed E-state index contributed by atoms with van der Waals surface area (Å²) >= 11 is 0. The van der Waals surface area contributed by atoms with E-state index in [9.17, 15) is 48.6 Å². The second-order valence-corrected chi connectivity index (χ2v) is 16.8. The summed E-state index contributed by atoms with van der Waals surface area (Å²) in [6, 6.07) is 3.87. The Hall–Kier alpha value is -6.11. The molecule has 0 radical (unpaired) electrons. The number of aromatic nitrogens is 1. The number of rotatable bonds is 7. The summed E-state index contributed by atoms with van der Waals surface area (Å²) in [6.45, 7) is 9.05. The third-order valence-electron chi connectivity index (χ3n) is 11.4. The van der Waals surface area contributed by atoms with Gasteiger partial charge in [-0.3, -0.25) is 33.6 Å². The summed E-state index contributed by atoms with van der Waals surface area (Å²) in [6.07, 6.45) is -1.51. The Balaban J connectivity index is 1.83. The molecule has 1 unspecified atom stereocenters. The average Bonchev–Trinajstić information content (AvgIpc) is 3.61. The molecule has 2 aliphatic rings. The second-order valence-electron chi connectivity index (χ2n) is 16.8. The number of aliphatic hydroxyl groups excluding tert-OH is 1. The maximum atomic E-state index is 14.4. The predicted octanol–water partition coefficient (Wildman–Crippen LogP) is 0.217. The van der Waals surface area contributed by atoms with Crippen LogP contribution in [0.2, 0.25) is 0 Å². The van der Waals surface area contributed by atoms with Crippen LogP contribution in [0.1, 0.15) is 76.5 Å². The highest BCUT2D eigenvalue weighted by Gasteiger charge is 2.45. The van der Waals surface area contributed by atoms with E-state index >= 15 is 0 Å². The van der Waals surface area contributed by atoms with Crippen molar-refractivity contribution in [1.29, 1.82) is 0 Å². The number of hydrogen-bond donors (Lipinski definition) is 5. The van der Waals surface area contributed by atoms with E-state index in [1.807, 2.05) is 13.8 Å². The Labute approximate surface area is 361 Å². The number of esters is 1. The molecule has 1 aromatic carbocycles. The van der Waals surface area contributed by atoms with Gasteiger partial charge in [-0.05, 0) is 48.8 Å². The van der Waals surface area contributed by atoms with Crippen molar-refractivity contribution in [2.75, 3.05) is 40.8 Å². The number of benzene rings is 1. The zero-order chi connectivity index (χ0) is 46.2. The zero-order valence-corrected chi connectivity index (χ0v) is 36.7. The molecule has 0 spiro atoms. The van der Waals surface area contributed by atoms with Crippen molar-refractivity contribution >= 4 is 47.3 Å². The maximum Gasteiger partial charge on any atom is 0.333 e. The first kappa shape index (κ1) is 48.6. The first-order valence-corrected chi connectivity index (χ1v) is 20.7. The van der Waals surface area contributed by atoms with Gasteiger partial charge in [-0.15, -0.1) is 0 Å². The monoisotopic (exact) mass is 864 g/mol. The third kappa shape index (κ3) is 11.6. The Kier molecular flexibility index (Phi) is 16.5. The molecular weight excluding hydrogens is 805 g/mol. The molecule has 338 valence electrons. The van der Waals surface area contributed by atoms with Gasteiger partial charge in [-0.1, -0.05) is 65.0 Å². The quantitative estimate of drug-likeness (QED) is 0.235. The fraction of sp³-hybridized carbons (Fsp3) is 0.558. The lowest BCUT2D eigenvalue weighted by molar-refractivity contribution is -0.160. The lowest BCUT2D eigenvalue weighted by Gasteiger charge is -2.36. The van der Waals surface area contributed by atoms with E-state index in [-0.39, 0.29) is 31.2 Å². The fourth-order valence-electron chi connectivity index (χ4n) is 7.56. The molecule has 2 aromatic rings. The smallest absolute Gasteiger partial charge is 0.333 e. The number of fused-ring (bicyclic) bond motifs is 1. The lowest BCUT2D eigenvalue weighted by Crippen LogP contribution is -2.60. The number of pyridine rings is 1. The number of likely N-dealkylation sites (N-methyl/N-ethyl adjacent to an activating group) is 3. The third-order valence-corrected chi connectivity index (χ3v) is 11.4. The van der Waals surface area contributed by atoms with Gasteiger partial charge >= 0.3 is 5.97 Å².